The lowest BCUT2D eigenvalue weighted by molar-refractivity contribution is -0.129. The van der Waals surface area contributed by atoms with Gasteiger partial charge < -0.3 is 5.32 Å². The van der Waals surface area contributed by atoms with Crippen LogP contribution in [-0.4, -0.2) is 24.5 Å². The maximum atomic E-state index is 12.0. The molecule has 0 saturated heterocycles. The standard InChI is InChI=1S/C12H20N2OS/c1-16-9-5-8-14-11(15)12(10-13)6-3-2-4-7-12/h2-9H2,1H3,(H,14,15). The maximum Gasteiger partial charge on any atom is 0.240 e. The predicted molar refractivity (Wildman–Crippen MR) is 67.1 cm³/mol. The average molecular weight is 240 g/mol. The van der Waals surface area contributed by atoms with Gasteiger partial charge in [0.1, 0.15) is 5.41 Å². The first-order valence-corrected chi connectivity index (χ1v) is 7.33. The van der Waals surface area contributed by atoms with E-state index in [1.807, 2.05) is 0 Å². The van der Waals surface area contributed by atoms with Gasteiger partial charge in [0, 0.05) is 6.54 Å². The first-order valence-electron chi connectivity index (χ1n) is 5.94. The number of carbonyl (C=O) groups excluding carboxylic acids is 1. The zero-order valence-electron chi connectivity index (χ0n) is 9.92. The SMILES string of the molecule is CSCCCNC(=O)C1(C#N)CCCCC1. The number of thioether (sulfide) groups is 1. The summed E-state index contributed by atoms with van der Waals surface area (Å²) < 4.78 is 0. The largest absolute Gasteiger partial charge is 0.355 e. The number of carbonyl (C=O) groups is 1. The normalized spacial score (nSPS) is 18.8. The Bertz CT molecular complexity index is 267. The quantitative estimate of drug-likeness (QED) is 0.750. The number of hydrogen-bond acceptors (Lipinski definition) is 3. The van der Waals surface area contributed by atoms with Gasteiger partial charge in [0.25, 0.3) is 0 Å². The van der Waals surface area contributed by atoms with Crippen molar-refractivity contribution in [3.8, 4) is 6.07 Å². The first kappa shape index (κ1) is 13.4. The molecule has 16 heavy (non-hydrogen) atoms. The lowest BCUT2D eigenvalue weighted by Gasteiger charge is -2.29. The second kappa shape index (κ2) is 6.80. The fourth-order valence-electron chi connectivity index (χ4n) is 2.13. The highest BCUT2D eigenvalue weighted by molar-refractivity contribution is 7.98. The van der Waals surface area contributed by atoms with E-state index in [-0.39, 0.29) is 5.91 Å². The van der Waals surface area contributed by atoms with E-state index in [9.17, 15) is 10.1 Å². The van der Waals surface area contributed by atoms with Gasteiger partial charge in [0.15, 0.2) is 0 Å². The van der Waals surface area contributed by atoms with Crippen LogP contribution in [0.2, 0.25) is 0 Å². The summed E-state index contributed by atoms with van der Waals surface area (Å²) in [6, 6.07) is 2.24. The van der Waals surface area contributed by atoms with Gasteiger partial charge in [0.2, 0.25) is 5.91 Å². The van der Waals surface area contributed by atoms with Crippen molar-refractivity contribution in [3.63, 3.8) is 0 Å². The smallest absolute Gasteiger partial charge is 0.240 e. The van der Waals surface area contributed by atoms with Gasteiger partial charge >= 0.3 is 0 Å². The van der Waals surface area contributed by atoms with E-state index in [0.29, 0.717) is 6.54 Å². The molecule has 0 radical (unpaired) electrons. The summed E-state index contributed by atoms with van der Waals surface area (Å²) in [5.41, 5.74) is -0.725. The second-order valence-corrected chi connectivity index (χ2v) is 5.34. The molecule has 3 nitrogen and oxygen atoms in total. The van der Waals surface area contributed by atoms with E-state index in [1.165, 1.54) is 0 Å². The molecule has 0 aliphatic heterocycles. The molecule has 1 amide bonds. The molecule has 1 aliphatic rings. The molecular weight excluding hydrogens is 220 g/mol. The van der Waals surface area contributed by atoms with E-state index >= 15 is 0 Å². The van der Waals surface area contributed by atoms with Crippen LogP contribution >= 0.6 is 11.8 Å². The number of nitriles is 1. The Hall–Kier alpha value is -0.690. The average Bonchev–Trinajstić information content (AvgIpc) is 2.35. The molecule has 1 N–H and O–H groups in total. The van der Waals surface area contributed by atoms with Crippen molar-refractivity contribution >= 4 is 17.7 Å². The van der Waals surface area contributed by atoms with Gasteiger partial charge in [-0.05, 0) is 31.3 Å². The number of hydrogen-bond donors (Lipinski definition) is 1. The van der Waals surface area contributed by atoms with Crippen molar-refractivity contribution in [1.82, 2.24) is 5.32 Å². The van der Waals surface area contributed by atoms with Crippen molar-refractivity contribution in [2.45, 2.75) is 38.5 Å². The third-order valence-electron chi connectivity index (χ3n) is 3.17. The maximum absolute atomic E-state index is 12.0. The van der Waals surface area contributed by atoms with Crippen LogP contribution in [0.3, 0.4) is 0 Å². The molecule has 0 spiro atoms. The van der Waals surface area contributed by atoms with E-state index in [4.69, 9.17) is 0 Å². The molecular formula is C12H20N2OS. The Morgan fingerprint density at radius 1 is 1.44 bits per heavy atom. The van der Waals surface area contributed by atoms with Crippen molar-refractivity contribution in [3.05, 3.63) is 0 Å². The Balaban J connectivity index is 2.40. The molecule has 0 aromatic rings. The van der Waals surface area contributed by atoms with E-state index < -0.39 is 5.41 Å². The Morgan fingerprint density at radius 2 is 2.12 bits per heavy atom. The molecule has 1 aliphatic carbocycles. The number of nitrogens with zero attached hydrogens (tertiary/aromatic N) is 1. The van der Waals surface area contributed by atoms with Crippen molar-refractivity contribution < 1.29 is 4.79 Å². The molecule has 0 atom stereocenters. The Morgan fingerprint density at radius 3 is 2.69 bits per heavy atom. The monoisotopic (exact) mass is 240 g/mol. The Labute approximate surface area is 102 Å². The summed E-state index contributed by atoms with van der Waals surface area (Å²) in [5, 5.41) is 12.1. The first-order chi connectivity index (χ1) is 7.75. The van der Waals surface area contributed by atoms with Crippen LogP contribution in [-0.2, 0) is 4.79 Å². The van der Waals surface area contributed by atoms with Crippen LogP contribution in [0.1, 0.15) is 38.5 Å². The van der Waals surface area contributed by atoms with Gasteiger partial charge in [-0.1, -0.05) is 19.3 Å². The number of nitrogens with one attached hydrogen (secondary N) is 1. The highest BCUT2D eigenvalue weighted by Gasteiger charge is 2.39. The van der Waals surface area contributed by atoms with Crippen molar-refractivity contribution in [2.75, 3.05) is 18.6 Å². The topological polar surface area (TPSA) is 52.9 Å². The van der Waals surface area contributed by atoms with Crippen LogP contribution in [0.15, 0.2) is 0 Å². The van der Waals surface area contributed by atoms with Crippen molar-refractivity contribution in [1.29, 1.82) is 5.26 Å². The zero-order valence-corrected chi connectivity index (χ0v) is 10.7. The van der Waals surface area contributed by atoms with Gasteiger partial charge in [-0.15, -0.1) is 0 Å². The van der Waals surface area contributed by atoms with Gasteiger partial charge in [0.05, 0.1) is 6.07 Å². The van der Waals surface area contributed by atoms with E-state index in [0.717, 1.165) is 44.3 Å². The van der Waals surface area contributed by atoms with Crippen LogP contribution in [0.5, 0.6) is 0 Å². The van der Waals surface area contributed by atoms with Crippen LogP contribution in [0, 0.1) is 16.7 Å². The number of amides is 1. The molecule has 0 bridgehead atoms. The Kier molecular flexibility index (Phi) is 5.68. The van der Waals surface area contributed by atoms with Crippen LogP contribution < -0.4 is 5.32 Å². The lowest BCUT2D eigenvalue weighted by Crippen LogP contribution is -2.41. The molecule has 0 heterocycles. The summed E-state index contributed by atoms with van der Waals surface area (Å²) in [7, 11) is 0. The van der Waals surface area contributed by atoms with Crippen LogP contribution in [0.25, 0.3) is 0 Å². The van der Waals surface area contributed by atoms with Gasteiger partial charge in [-0.2, -0.15) is 17.0 Å². The van der Waals surface area contributed by atoms with E-state index in [1.54, 1.807) is 11.8 Å². The minimum atomic E-state index is -0.725. The minimum Gasteiger partial charge on any atom is -0.355 e. The molecule has 1 saturated carbocycles. The minimum absolute atomic E-state index is 0.0456. The fourth-order valence-corrected chi connectivity index (χ4v) is 2.57. The highest BCUT2D eigenvalue weighted by Crippen LogP contribution is 2.35. The molecule has 0 aromatic heterocycles. The predicted octanol–water partition coefficient (Wildman–Crippen LogP) is 2.33. The summed E-state index contributed by atoms with van der Waals surface area (Å²) in [4.78, 5) is 12.0. The molecule has 0 aromatic carbocycles. The third-order valence-corrected chi connectivity index (χ3v) is 3.86. The summed E-state index contributed by atoms with van der Waals surface area (Å²) in [5.74, 6) is 1.01. The van der Waals surface area contributed by atoms with Gasteiger partial charge in [-0.3, -0.25) is 4.79 Å². The molecule has 1 rings (SSSR count). The fraction of sp³-hybridized carbons (Fsp3) is 0.833. The zero-order chi connectivity index (χ0) is 11.9. The van der Waals surface area contributed by atoms with Gasteiger partial charge in [-0.25, -0.2) is 0 Å². The molecule has 1 fully saturated rings. The third kappa shape index (κ3) is 3.41. The molecule has 4 heteroatoms. The van der Waals surface area contributed by atoms with Crippen LogP contribution in [0.4, 0.5) is 0 Å². The summed E-state index contributed by atoms with van der Waals surface area (Å²) in [6.45, 7) is 0.698. The lowest BCUT2D eigenvalue weighted by atomic mass is 9.74. The van der Waals surface area contributed by atoms with E-state index in [2.05, 4.69) is 17.6 Å². The molecule has 90 valence electrons. The summed E-state index contributed by atoms with van der Waals surface area (Å²) in [6.07, 6.45) is 7.67. The highest BCUT2D eigenvalue weighted by atomic mass is 32.2. The number of rotatable bonds is 5. The summed E-state index contributed by atoms with van der Waals surface area (Å²) >= 11 is 1.78. The molecule has 0 unspecified atom stereocenters. The van der Waals surface area contributed by atoms with Crippen molar-refractivity contribution in [2.24, 2.45) is 5.41 Å². The second-order valence-electron chi connectivity index (χ2n) is 4.36.